The molecule has 1 amide bonds. The van der Waals surface area contributed by atoms with Crippen molar-refractivity contribution >= 4 is 55.5 Å². The maximum atomic E-state index is 13.0. The van der Waals surface area contributed by atoms with Crippen LogP contribution in [0.2, 0.25) is 5.02 Å². The third kappa shape index (κ3) is 9.17. The van der Waals surface area contributed by atoms with Gasteiger partial charge in [-0.1, -0.05) is 11.6 Å². The molecule has 5 aromatic rings. The van der Waals surface area contributed by atoms with Gasteiger partial charge in [0, 0.05) is 49.0 Å². The molecule has 0 radical (unpaired) electrons. The van der Waals surface area contributed by atoms with Crippen LogP contribution in [-0.4, -0.2) is 53.2 Å². The first-order valence-electron chi connectivity index (χ1n) is 15.6. The number of aromatic nitrogens is 1. The lowest BCUT2D eigenvalue weighted by Gasteiger charge is -2.11. The number of ether oxygens (including phenoxy) is 2. The standard InChI is InChI=1S/C36H39ClN6O5S/c1-25-33(34-22-31(47-4)16-19-35(34)43(25)24-48-30-14-6-26(37)7-15-30)23-36(44)38-20-5-21-39-49(45,46)32-17-10-28(11-18-32)41-40-27-8-12-29(13-9-27)42(2)3/h6-19,22,39H,5,20-21,23-24H2,1-4H3,(H,38,44). The number of nitrogens with zero attached hydrogens (tertiary/aromatic N) is 4. The van der Waals surface area contributed by atoms with Crippen molar-refractivity contribution in [2.45, 2.75) is 31.4 Å². The molecule has 5 rings (SSSR count). The number of sulfonamides is 1. The number of carbonyl (C=O) groups is 1. The highest BCUT2D eigenvalue weighted by Gasteiger charge is 2.18. The highest BCUT2D eigenvalue weighted by atomic mass is 35.5. The van der Waals surface area contributed by atoms with E-state index in [9.17, 15) is 13.2 Å². The maximum absolute atomic E-state index is 13.0. The number of anilines is 1. The van der Waals surface area contributed by atoms with Crippen molar-refractivity contribution < 1.29 is 22.7 Å². The van der Waals surface area contributed by atoms with E-state index >= 15 is 0 Å². The Morgan fingerprint density at radius 1 is 0.878 bits per heavy atom. The molecule has 2 N–H and O–H groups in total. The van der Waals surface area contributed by atoms with E-state index in [4.69, 9.17) is 21.1 Å². The molecule has 13 heteroatoms. The lowest BCUT2D eigenvalue weighted by molar-refractivity contribution is -0.120. The van der Waals surface area contributed by atoms with Crippen LogP contribution in [0.4, 0.5) is 17.1 Å². The van der Waals surface area contributed by atoms with Gasteiger partial charge in [-0.15, -0.1) is 0 Å². The molecular weight excluding hydrogens is 664 g/mol. The molecule has 0 aliphatic carbocycles. The zero-order valence-corrected chi connectivity index (χ0v) is 29.4. The molecule has 1 heterocycles. The van der Waals surface area contributed by atoms with E-state index in [0.29, 0.717) is 40.9 Å². The largest absolute Gasteiger partial charge is 0.497 e. The molecule has 0 bridgehead atoms. The van der Waals surface area contributed by atoms with Gasteiger partial charge in [0.25, 0.3) is 0 Å². The van der Waals surface area contributed by atoms with E-state index in [0.717, 1.165) is 27.8 Å². The van der Waals surface area contributed by atoms with Crippen LogP contribution in [0, 0.1) is 6.92 Å². The molecule has 0 fully saturated rings. The zero-order valence-electron chi connectivity index (χ0n) is 27.8. The number of halogens is 1. The van der Waals surface area contributed by atoms with Gasteiger partial charge in [0.05, 0.1) is 35.3 Å². The lowest BCUT2D eigenvalue weighted by atomic mass is 10.1. The smallest absolute Gasteiger partial charge is 0.240 e. The Balaban J connectivity index is 1.13. The van der Waals surface area contributed by atoms with Gasteiger partial charge < -0.3 is 24.3 Å². The minimum atomic E-state index is -3.74. The van der Waals surface area contributed by atoms with Crippen LogP contribution in [0.1, 0.15) is 17.7 Å². The first-order chi connectivity index (χ1) is 23.5. The SMILES string of the molecule is COc1ccc2c(c1)c(CC(=O)NCCCNS(=O)(=O)c1ccc(N=Nc3ccc(N(C)C)cc3)cc1)c(C)n2COc1ccc(Cl)cc1. The van der Waals surface area contributed by atoms with Crippen molar-refractivity contribution in [1.29, 1.82) is 0 Å². The molecular formula is C36H39ClN6O5S. The van der Waals surface area contributed by atoms with Crippen LogP contribution in [0.5, 0.6) is 11.5 Å². The topological polar surface area (TPSA) is 127 Å². The van der Waals surface area contributed by atoms with Gasteiger partial charge >= 0.3 is 0 Å². The Morgan fingerprint density at radius 2 is 1.51 bits per heavy atom. The molecule has 0 atom stereocenters. The van der Waals surface area contributed by atoms with Gasteiger partial charge in [-0.2, -0.15) is 10.2 Å². The van der Waals surface area contributed by atoms with E-state index < -0.39 is 10.0 Å². The molecule has 0 aliphatic rings. The normalized spacial score (nSPS) is 11.6. The quantitative estimate of drug-likeness (QED) is 0.0881. The number of benzene rings is 4. The van der Waals surface area contributed by atoms with Crippen LogP contribution in [-0.2, 0) is 28.0 Å². The number of carbonyl (C=O) groups excluding carboxylic acids is 1. The predicted molar refractivity (Wildman–Crippen MR) is 193 cm³/mol. The molecule has 49 heavy (non-hydrogen) atoms. The fourth-order valence-corrected chi connectivity index (χ4v) is 6.37. The Hall–Kier alpha value is -4.91. The number of methoxy groups -OCH3 is 1. The van der Waals surface area contributed by atoms with Crippen LogP contribution in [0.15, 0.2) is 106 Å². The van der Waals surface area contributed by atoms with Crippen molar-refractivity contribution in [3.05, 3.63) is 107 Å². The average Bonchev–Trinajstić information content (AvgIpc) is 3.36. The van der Waals surface area contributed by atoms with E-state index in [1.54, 1.807) is 43.5 Å². The second kappa shape index (κ2) is 16.0. The minimum absolute atomic E-state index is 0.119. The monoisotopic (exact) mass is 702 g/mol. The number of amides is 1. The molecule has 0 aliphatic heterocycles. The summed E-state index contributed by atoms with van der Waals surface area (Å²) in [5, 5.41) is 12.9. The number of hydrogen-bond donors (Lipinski definition) is 2. The highest BCUT2D eigenvalue weighted by Crippen LogP contribution is 2.30. The second-order valence-electron chi connectivity index (χ2n) is 11.5. The Morgan fingerprint density at radius 3 is 2.14 bits per heavy atom. The van der Waals surface area contributed by atoms with Gasteiger partial charge in [-0.05, 0) is 110 Å². The molecule has 256 valence electrons. The van der Waals surface area contributed by atoms with Crippen molar-refractivity contribution in [3.8, 4) is 11.5 Å². The van der Waals surface area contributed by atoms with Gasteiger partial charge in [0.1, 0.15) is 11.5 Å². The number of azo groups is 1. The van der Waals surface area contributed by atoms with E-state index in [1.165, 1.54) is 12.1 Å². The summed E-state index contributed by atoms with van der Waals surface area (Å²) in [6, 6.07) is 26.7. The molecule has 4 aromatic carbocycles. The Labute approximate surface area is 291 Å². The Kier molecular flexibility index (Phi) is 11.6. The average molecular weight is 703 g/mol. The molecule has 0 unspecified atom stereocenters. The summed E-state index contributed by atoms with van der Waals surface area (Å²) in [5.74, 6) is 1.18. The molecule has 0 saturated carbocycles. The van der Waals surface area contributed by atoms with Crippen LogP contribution in [0.25, 0.3) is 10.9 Å². The summed E-state index contributed by atoms with van der Waals surface area (Å²) in [4.78, 5) is 15.1. The van der Waals surface area contributed by atoms with Crippen molar-refractivity contribution in [3.63, 3.8) is 0 Å². The van der Waals surface area contributed by atoms with Gasteiger partial charge in [-0.3, -0.25) is 4.79 Å². The van der Waals surface area contributed by atoms with E-state index in [-0.39, 0.29) is 30.5 Å². The van der Waals surface area contributed by atoms with Crippen molar-refractivity contribution in [1.82, 2.24) is 14.6 Å². The number of hydrogen-bond acceptors (Lipinski definition) is 8. The lowest BCUT2D eigenvalue weighted by Crippen LogP contribution is -2.30. The molecule has 11 nitrogen and oxygen atoms in total. The van der Waals surface area contributed by atoms with Gasteiger partial charge in [0.2, 0.25) is 15.9 Å². The third-order valence-corrected chi connectivity index (χ3v) is 9.66. The van der Waals surface area contributed by atoms with Crippen LogP contribution >= 0.6 is 11.6 Å². The van der Waals surface area contributed by atoms with Crippen LogP contribution < -0.4 is 24.4 Å². The number of nitrogens with one attached hydrogen (secondary N) is 2. The van der Waals surface area contributed by atoms with Crippen molar-refractivity contribution in [2.75, 3.05) is 39.2 Å². The predicted octanol–water partition coefficient (Wildman–Crippen LogP) is 7.16. The fraction of sp³-hybridized carbons (Fsp3) is 0.250. The molecule has 0 saturated heterocycles. The number of rotatable bonds is 15. The van der Waals surface area contributed by atoms with E-state index in [2.05, 4.69) is 20.3 Å². The summed E-state index contributed by atoms with van der Waals surface area (Å²) in [7, 11) is 1.78. The van der Waals surface area contributed by atoms with Crippen LogP contribution in [0.3, 0.4) is 0 Å². The third-order valence-electron chi connectivity index (χ3n) is 7.93. The molecule has 1 aromatic heterocycles. The highest BCUT2D eigenvalue weighted by molar-refractivity contribution is 7.89. The summed E-state index contributed by atoms with van der Waals surface area (Å²) in [5.41, 5.74) is 4.94. The number of fused-ring (bicyclic) bond motifs is 1. The summed E-state index contributed by atoms with van der Waals surface area (Å²) < 4.78 is 41.7. The Bertz CT molecular complexity index is 2030. The summed E-state index contributed by atoms with van der Waals surface area (Å²) in [6.07, 6.45) is 0.549. The van der Waals surface area contributed by atoms with Gasteiger partial charge in [-0.25, -0.2) is 13.1 Å². The maximum Gasteiger partial charge on any atom is 0.240 e. The first kappa shape index (κ1) is 35.4. The molecule has 0 spiro atoms. The minimum Gasteiger partial charge on any atom is -0.497 e. The van der Waals surface area contributed by atoms with Gasteiger partial charge in [0.15, 0.2) is 6.73 Å². The zero-order chi connectivity index (χ0) is 35.0. The summed E-state index contributed by atoms with van der Waals surface area (Å²) >= 11 is 6.00. The first-order valence-corrected chi connectivity index (χ1v) is 17.5. The second-order valence-corrected chi connectivity index (χ2v) is 13.7. The fourth-order valence-electron chi connectivity index (χ4n) is 5.17. The summed E-state index contributed by atoms with van der Waals surface area (Å²) in [6.45, 7) is 2.66. The van der Waals surface area contributed by atoms with Crippen molar-refractivity contribution in [2.24, 2.45) is 10.2 Å². The van der Waals surface area contributed by atoms with E-state index in [1.807, 2.05) is 73.0 Å².